The minimum absolute atomic E-state index is 0. The van der Waals surface area contributed by atoms with Crippen molar-refractivity contribution in [3.8, 4) is 34.4 Å². The quantitative estimate of drug-likeness (QED) is 0.0472. The number of fused-ring (bicyclic) bond motifs is 5. The second-order valence-electron chi connectivity index (χ2n) is 25.3. The molecule has 0 aliphatic heterocycles. The zero-order valence-electron chi connectivity index (χ0n) is 59.4. The van der Waals surface area contributed by atoms with Crippen LogP contribution in [-0.4, -0.2) is 81.2 Å². The zero-order chi connectivity index (χ0) is 74.7. The van der Waals surface area contributed by atoms with Crippen LogP contribution in [0.3, 0.4) is 0 Å². The van der Waals surface area contributed by atoms with Crippen LogP contribution in [0.2, 0.25) is 0 Å². The summed E-state index contributed by atoms with van der Waals surface area (Å²) in [4.78, 5) is 58.6. The Bertz CT molecular complexity index is 4920. The van der Waals surface area contributed by atoms with E-state index >= 15 is 0 Å². The van der Waals surface area contributed by atoms with E-state index in [-0.39, 0.29) is 93.7 Å². The molecule has 552 valence electrons. The highest BCUT2D eigenvalue weighted by Gasteiger charge is 2.36. The van der Waals surface area contributed by atoms with E-state index in [0.717, 1.165) is 50.0 Å². The Balaban J connectivity index is 0.000000207. The van der Waals surface area contributed by atoms with Crippen molar-refractivity contribution >= 4 is 116 Å². The Morgan fingerprint density at radius 3 is 1.32 bits per heavy atom. The molecule has 28 heteroatoms. The molecule has 2 atom stereocenters. The lowest BCUT2D eigenvalue weighted by molar-refractivity contribution is -0.141. The number of pyridine rings is 2. The molecule has 7 N–H and O–H groups in total. The molecule has 104 heavy (non-hydrogen) atoms. The van der Waals surface area contributed by atoms with Gasteiger partial charge in [-0.15, -0.1) is 46.4 Å². The predicted octanol–water partition coefficient (Wildman–Crippen LogP) is 19.4. The normalized spacial score (nSPS) is 12.3. The summed E-state index contributed by atoms with van der Waals surface area (Å²) in [6.45, 7) is 22.3. The van der Waals surface area contributed by atoms with Gasteiger partial charge in [-0.1, -0.05) is 75.4 Å². The van der Waals surface area contributed by atoms with E-state index in [9.17, 15) is 40.7 Å². The number of alkyl halides is 6. The lowest BCUT2D eigenvalue weighted by atomic mass is 10.1. The number of hydrogen-bond acceptors (Lipinski definition) is 18. The van der Waals surface area contributed by atoms with Crippen molar-refractivity contribution in [3.05, 3.63) is 188 Å². The summed E-state index contributed by atoms with van der Waals surface area (Å²) in [5.41, 5.74) is 12.6. The van der Waals surface area contributed by atoms with Crippen molar-refractivity contribution < 1.29 is 63.8 Å². The summed E-state index contributed by atoms with van der Waals surface area (Å²) in [6, 6.07) is 34.4. The van der Waals surface area contributed by atoms with Crippen molar-refractivity contribution in [2.45, 2.75) is 144 Å². The van der Waals surface area contributed by atoms with Crippen molar-refractivity contribution in [2.24, 2.45) is 11.5 Å². The van der Waals surface area contributed by atoms with Crippen molar-refractivity contribution in [3.63, 3.8) is 0 Å². The van der Waals surface area contributed by atoms with Crippen LogP contribution in [0, 0.1) is 0 Å². The van der Waals surface area contributed by atoms with Crippen LogP contribution in [0.4, 0.5) is 31.1 Å². The van der Waals surface area contributed by atoms with Crippen LogP contribution in [0.15, 0.2) is 146 Å². The Kier molecular flexibility index (Phi) is 27.1. The third kappa shape index (κ3) is 19.2. The molecular formula is C76H83ClF6N10O8S3. The number of hydrogen-bond donors (Lipinski definition) is 5. The number of benzene rings is 5. The fraction of sp³-hybridized carbons (Fsp3) is 0.329. The van der Waals surface area contributed by atoms with Crippen LogP contribution >= 0.6 is 46.4 Å². The van der Waals surface area contributed by atoms with E-state index in [4.69, 9.17) is 34.5 Å². The first-order chi connectivity index (χ1) is 49.0. The number of nitrogens with two attached hydrogens (primary N) is 2. The molecule has 12 aromatic rings. The number of rotatable bonds is 19. The second-order valence-corrected chi connectivity index (χ2v) is 28.0. The molecule has 3 amide bonds. The van der Waals surface area contributed by atoms with Gasteiger partial charge in [-0.2, -0.15) is 26.3 Å². The number of nitrogens with zero attached hydrogens (tertiary/aromatic N) is 5. The third-order valence-electron chi connectivity index (χ3n) is 16.5. The van der Waals surface area contributed by atoms with E-state index in [0.29, 0.717) is 42.4 Å². The fourth-order valence-electron chi connectivity index (χ4n) is 11.5. The lowest BCUT2D eigenvalue weighted by Gasteiger charge is -2.28. The Morgan fingerprint density at radius 2 is 0.952 bits per heavy atom. The van der Waals surface area contributed by atoms with Crippen molar-refractivity contribution in [1.29, 1.82) is 0 Å². The highest BCUT2D eigenvalue weighted by atomic mass is 35.5. The number of alkyl carbamates (subject to hydrolysis) is 1. The maximum Gasteiger partial charge on any atom is 0.433 e. The first kappa shape index (κ1) is 80.5. The van der Waals surface area contributed by atoms with Crippen molar-refractivity contribution in [2.75, 3.05) is 20.8 Å². The maximum absolute atomic E-state index is 13.7. The zero-order valence-corrected chi connectivity index (χ0v) is 62.7. The highest BCUT2D eigenvalue weighted by Crippen LogP contribution is 2.41. The van der Waals surface area contributed by atoms with Crippen molar-refractivity contribution in [1.82, 2.24) is 40.8 Å². The number of oxazole rings is 2. The summed E-state index contributed by atoms with van der Waals surface area (Å²) in [5, 5.41) is 18.6. The first-order valence-electron chi connectivity index (χ1n) is 33.3. The number of ether oxygens (including phenoxy) is 3. The number of carbonyl (C=O) groups excluding carboxylic acids is 3. The number of aromatic nitrogens is 4. The van der Waals surface area contributed by atoms with Gasteiger partial charge in [0.1, 0.15) is 39.5 Å². The third-order valence-corrected chi connectivity index (χ3v) is 19.6. The second kappa shape index (κ2) is 35.0. The predicted molar refractivity (Wildman–Crippen MR) is 403 cm³/mol. The van der Waals surface area contributed by atoms with E-state index in [1.165, 1.54) is 54.1 Å². The minimum atomic E-state index is -4.67. The SMILES string of the molecule is CCN(C(C)C)C(C)C.CC[C@H](N)c1oc(-c2ccc(OC)c3nc(C(F)(F)F)ccc23)nc1C(=O)NCc1csc2ccccc12.CC[C@H](NC(=O)OC(C)(C)C)c1oc(-c2ccc(OC)c3nc(C(F)(F)F)ccc23)nc1C(=O)NCc1csc2ccccc12.Cl.NCc1csc2ccccc12. The number of methoxy groups -OCH3 is 2. The van der Waals surface area contributed by atoms with Gasteiger partial charge in [0.05, 0.1) is 26.3 Å². The summed E-state index contributed by atoms with van der Waals surface area (Å²) in [6.07, 6.45) is -9.24. The average Bonchev–Trinajstić information content (AvgIpc) is 1.50. The van der Waals surface area contributed by atoms with Gasteiger partial charge in [0.2, 0.25) is 11.8 Å². The van der Waals surface area contributed by atoms with Crippen LogP contribution in [0.5, 0.6) is 11.5 Å². The van der Waals surface area contributed by atoms with Gasteiger partial charge in [-0.25, -0.2) is 24.7 Å². The molecule has 0 bridgehead atoms. The van der Waals surface area contributed by atoms with E-state index < -0.39 is 59.3 Å². The number of amides is 3. The van der Waals surface area contributed by atoms with Gasteiger partial charge < -0.3 is 50.5 Å². The minimum Gasteiger partial charge on any atom is -0.494 e. The molecule has 0 saturated heterocycles. The van der Waals surface area contributed by atoms with Gasteiger partial charge in [0.25, 0.3) is 11.8 Å². The van der Waals surface area contributed by atoms with Gasteiger partial charge in [0, 0.05) is 67.7 Å². The largest absolute Gasteiger partial charge is 0.494 e. The van der Waals surface area contributed by atoms with E-state index in [1.54, 1.807) is 73.8 Å². The maximum atomic E-state index is 13.7. The molecule has 12 rings (SSSR count). The summed E-state index contributed by atoms with van der Waals surface area (Å²) < 4.78 is 112. The highest BCUT2D eigenvalue weighted by molar-refractivity contribution is 7.18. The Morgan fingerprint density at radius 1 is 0.548 bits per heavy atom. The van der Waals surface area contributed by atoms with Gasteiger partial charge >= 0.3 is 18.4 Å². The average molecular weight is 1510 g/mol. The summed E-state index contributed by atoms with van der Waals surface area (Å²) in [5.74, 6) is -0.495. The summed E-state index contributed by atoms with van der Waals surface area (Å²) >= 11 is 4.91. The smallest absolute Gasteiger partial charge is 0.433 e. The van der Waals surface area contributed by atoms with Crippen LogP contribution in [-0.2, 0) is 36.7 Å². The van der Waals surface area contributed by atoms with Crippen LogP contribution < -0.4 is 36.9 Å². The molecule has 18 nitrogen and oxygen atoms in total. The molecule has 0 aliphatic carbocycles. The molecule has 0 fully saturated rings. The fourth-order valence-corrected chi connectivity index (χ4v) is 14.4. The first-order valence-corrected chi connectivity index (χ1v) is 35.9. The summed E-state index contributed by atoms with van der Waals surface area (Å²) in [7, 11) is 2.67. The molecule has 5 aromatic carbocycles. The molecule has 7 aromatic heterocycles. The topological polar surface area (TPSA) is 248 Å². The van der Waals surface area contributed by atoms with E-state index in [1.807, 2.05) is 72.3 Å². The molecule has 0 unspecified atom stereocenters. The van der Waals surface area contributed by atoms with Crippen LogP contribution in [0.25, 0.3) is 75.0 Å². The van der Waals surface area contributed by atoms with E-state index in [2.05, 4.69) is 99.0 Å². The standard InChI is InChI=1S/C32H31F3N4O5S.C27H23F3N4O3S.C9H9NS.C8H19N.ClH/c1-6-21(37-30(41)44-31(2,3)4)27-26(28(40)36-15-17-16-45-23-10-8-7-9-18(17)23)39-29(43-27)20-11-13-22(42-5)25-19(20)12-14-24(38-25)32(33,34)35;1-3-18(31)24-23(25(35)32-12-14-13-38-20-7-5-4-6-15(14)20)34-26(37-24)17-8-10-19(36-2)22-16(17)9-11-21(33-22)27(28,29)30;10-5-7-6-11-9-4-2-1-3-8(7)9;1-6-9(7(2)3)8(4)5;/h7-14,16,21H,6,15H2,1-5H3,(H,36,40)(H,37,41);4-11,13,18H,3,12,31H2,1-2H3,(H,32,35);1-4,6H,5,10H2;7-8H,6H2,1-5H3;1H/t21-;18-;;;/m00.../s1. The number of thiophene rings is 3. The molecule has 0 spiro atoms. The lowest BCUT2D eigenvalue weighted by Crippen LogP contribution is -2.36. The Hall–Kier alpha value is -9.22. The monoisotopic (exact) mass is 1510 g/mol. The Labute approximate surface area is 616 Å². The van der Waals surface area contributed by atoms with Gasteiger partial charge in [0.15, 0.2) is 22.9 Å². The molecule has 0 aliphatic rings. The molecule has 0 radical (unpaired) electrons. The molecular weight excluding hydrogens is 1430 g/mol. The molecule has 7 heterocycles. The number of halogens is 7. The van der Waals surface area contributed by atoms with Gasteiger partial charge in [-0.3, -0.25) is 14.5 Å². The number of nitrogens with one attached hydrogen (secondary N) is 3. The molecule has 0 saturated carbocycles. The number of carbonyl (C=O) groups is 3. The van der Waals surface area contributed by atoms with Gasteiger partial charge in [-0.05, 0) is 184 Å². The van der Waals surface area contributed by atoms with Crippen LogP contribution in [0.1, 0.15) is 155 Å².